The van der Waals surface area contributed by atoms with Gasteiger partial charge in [-0.1, -0.05) is 11.8 Å². The monoisotopic (exact) mass is 229 g/mol. The molecule has 0 amide bonds. The Morgan fingerprint density at radius 1 is 1.75 bits per heavy atom. The van der Waals surface area contributed by atoms with E-state index in [4.69, 9.17) is 27.8 Å². The second kappa shape index (κ2) is 5.40. The number of halogens is 2. The summed E-state index contributed by atoms with van der Waals surface area (Å²) < 4.78 is 5.17. The number of thioether (sulfide) groups is 1. The van der Waals surface area contributed by atoms with E-state index in [1.54, 1.807) is 5.41 Å². The van der Waals surface area contributed by atoms with Crippen molar-refractivity contribution in [2.24, 2.45) is 16.5 Å². The summed E-state index contributed by atoms with van der Waals surface area (Å²) in [6.07, 6.45) is 0. The molecule has 4 nitrogen and oxygen atoms in total. The van der Waals surface area contributed by atoms with E-state index in [9.17, 15) is 0 Å². The lowest BCUT2D eigenvalue weighted by Gasteiger charge is -2.05. The van der Waals surface area contributed by atoms with Crippen LogP contribution in [-0.4, -0.2) is 17.4 Å². The van der Waals surface area contributed by atoms with Crippen LogP contribution in [0.5, 0.6) is 0 Å². The predicted octanol–water partition coefficient (Wildman–Crippen LogP) is 0.809. The lowest BCUT2D eigenvalue weighted by molar-refractivity contribution is 0.206. The van der Waals surface area contributed by atoms with Crippen LogP contribution < -0.4 is 11.5 Å². The molecule has 70 valence electrons. The molecule has 0 bridgehead atoms. The molecular weight excluding hydrogens is 221 g/mol. The van der Waals surface area contributed by atoms with Gasteiger partial charge in [0.05, 0.1) is 5.88 Å². The van der Waals surface area contributed by atoms with Crippen molar-refractivity contribution in [1.82, 2.24) is 0 Å². The summed E-state index contributed by atoms with van der Waals surface area (Å²) in [5.41, 5.74) is 9.92. The number of hydrogen-bond acceptors (Lipinski definition) is 3. The van der Waals surface area contributed by atoms with Gasteiger partial charge in [-0.05, 0) is 0 Å². The SMILES string of the molecule is Cl.NC(N)=NC1OC(CCl)=CS1. The average Bonchev–Trinajstić information content (AvgIpc) is 2.34. The van der Waals surface area contributed by atoms with Crippen molar-refractivity contribution >= 4 is 41.7 Å². The van der Waals surface area contributed by atoms with Crippen molar-refractivity contribution in [3.05, 3.63) is 11.2 Å². The second-order valence-electron chi connectivity index (χ2n) is 1.83. The molecule has 1 unspecified atom stereocenters. The van der Waals surface area contributed by atoms with Crippen molar-refractivity contribution in [2.45, 2.75) is 5.56 Å². The van der Waals surface area contributed by atoms with Gasteiger partial charge in [-0.25, -0.2) is 0 Å². The second-order valence-corrected chi connectivity index (χ2v) is 3.01. The Bertz CT molecular complexity index is 205. The zero-order chi connectivity index (χ0) is 8.27. The van der Waals surface area contributed by atoms with Gasteiger partial charge in [0, 0.05) is 5.41 Å². The standard InChI is InChI=1S/C5H8ClN3OS.ClH/c6-1-3-2-11-5(10-3)9-4(7)8;/h2,5H,1H2,(H4,7,8,9);1H. The molecule has 0 aromatic carbocycles. The molecule has 12 heavy (non-hydrogen) atoms. The third kappa shape index (κ3) is 3.42. The average molecular weight is 230 g/mol. The van der Waals surface area contributed by atoms with Crippen LogP contribution in [0.25, 0.3) is 0 Å². The minimum Gasteiger partial charge on any atom is -0.461 e. The van der Waals surface area contributed by atoms with Gasteiger partial charge in [0.1, 0.15) is 5.76 Å². The van der Waals surface area contributed by atoms with E-state index >= 15 is 0 Å². The quantitative estimate of drug-likeness (QED) is 0.418. The molecule has 7 heteroatoms. The highest BCUT2D eigenvalue weighted by Crippen LogP contribution is 2.28. The summed E-state index contributed by atoms with van der Waals surface area (Å²) >= 11 is 6.88. The van der Waals surface area contributed by atoms with Crippen molar-refractivity contribution in [2.75, 3.05) is 5.88 Å². The normalized spacial score (nSPS) is 20.4. The lowest BCUT2D eigenvalue weighted by atomic mass is 10.7. The Hall–Kier alpha value is -0.260. The number of aliphatic imine (C=N–C) groups is 1. The van der Waals surface area contributed by atoms with Crippen LogP contribution in [0.15, 0.2) is 16.2 Å². The minimum absolute atomic E-state index is 0. The Labute approximate surface area is 85.8 Å². The molecule has 0 saturated carbocycles. The van der Waals surface area contributed by atoms with Gasteiger partial charge < -0.3 is 16.2 Å². The van der Waals surface area contributed by atoms with Crippen LogP contribution in [0.1, 0.15) is 0 Å². The van der Waals surface area contributed by atoms with Crippen LogP contribution in [-0.2, 0) is 4.74 Å². The highest BCUT2D eigenvalue weighted by Gasteiger charge is 2.16. The molecular formula is C5H9Cl2N3OS. The molecule has 1 heterocycles. The first-order valence-corrected chi connectivity index (χ1v) is 4.36. The Balaban J connectivity index is 0.00000121. The predicted molar refractivity (Wildman–Crippen MR) is 54.3 cm³/mol. The summed E-state index contributed by atoms with van der Waals surface area (Å²) in [5, 5.41) is 1.80. The van der Waals surface area contributed by atoms with E-state index in [2.05, 4.69) is 4.99 Å². The molecule has 0 aromatic heterocycles. The molecule has 0 fully saturated rings. The fourth-order valence-corrected chi connectivity index (χ4v) is 1.56. The van der Waals surface area contributed by atoms with Gasteiger partial charge in [-0.3, -0.25) is 0 Å². The Morgan fingerprint density at radius 2 is 2.42 bits per heavy atom. The highest BCUT2D eigenvalue weighted by molar-refractivity contribution is 8.02. The van der Waals surface area contributed by atoms with Crippen molar-refractivity contribution in [3.8, 4) is 0 Å². The van der Waals surface area contributed by atoms with E-state index in [-0.39, 0.29) is 23.9 Å². The number of ether oxygens (including phenoxy) is 1. The van der Waals surface area contributed by atoms with Gasteiger partial charge >= 0.3 is 0 Å². The topological polar surface area (TPSA) is 73.6 Å². The van der Waals surface area contributed by atoms with Gasteiger partial charge in [-0.15, -0.1) is 24.0 Å². The number of nitrogens with two attached hydrogens (primary N) is 2. The molecule has 1 rings (SSSR count). The van der Waals surface area contributed by atoms with Gasteiger partial charge in [0.25, 0.3) is 0 Å². The van der Waals surface area contributed by atoms with E-state index in [1.165, 1.54) is 11.8 Å². The summed E-state index contributed by atoms with van der Waals surface area (Å²) in [6.45, 7) is 0. The highest BCUT2D eigenvalue weighted by atomic mass is 35.5. The van der Waals surface area contributed by atoms with Crippen LogP contribution >= 0.6 is 35.8 Å². The minimum atomic E-state index is -0.353. The van der Waals surface area contributed by atoms with Gasteiger partial charge in [0.15, 0.2) is 5.96 Å². The zero-order valence-corrected chi connectivity index (χ0v) is 8.46. The molecule has 1 atom stereocenters. The first kappa shape index (κ1) is 11.7. The van der Waals surface area contributed by atoms with Crippen molar-refractivity contribution < 1.29 is 4.74 Å². The maximum absolute atomic E-state index is 5.49. The summed E-state index contributed by atoms with van der Waals surface area (Å²) in [7, 11) is 0. The Kier molecular flexibility index (Phi) is 5.28. The first-order chi connectivity index (χ1) is 5.22. The maximum atomic E-state index is 5.49. The molecule has 0 spiro atoms. The number of hydrogen-bond donors (Lipinski definition) is 2. The maximum Gasteiger partial charge on any atom is 0.244 e. The van der Waals surface area contributed by atoms with Crippen LogP contribution in [0.2, 0.25) is 0 Å². The third-order valence-electron chi connectivity index (χ3n) is 0.954. The summed E-state index contributed by atoms with van der Waals surface area (Å²) in [6, 6.07) is 0. The van der Waals surface area contributed by atoms with E-state index in [0.29, 0.717) is 11.6 Å². The zero-order valence-electron chi connectivity index (χ0n) is 6.07. The summed E-state index contributed by atoms with van der Waals surface area (Å²) in [5.74, 6) is 1.07. The number of rotatable bonds is 2. The van der Waals surface area contributed by atoms with Gasteiger partial charge in [0.2, 0.25) is 5.56 Å². The fraction of sp³-hybridized carbons (Fsp3) is 0.400. The van der Waals surface area contributed by atoms with E-state index in [0.717, 1.165) is 0 Å². The fourth-order valence-electron chi connectivity index (χ4n) is 0.561. The largest absolute Gasteiger partial charge is 0.461 e. The number of alkyl halides is 1. The Morgan fingerprint density at radius 3 is 2.83 bits per heavy atom. The third-order valence-corrected chi connectivity index (χ3v) is 2.05. The summed E-state index contributed by atoms with van der Waals surface area (Å²) in [4.78, 5) is 3.78. The molecule has 0 aromatic rings. The molecule has 1 aliphatic heterocycles. The van der Waals surface area contributed by atoms with Crippen LogP contribution in [0, 0.1) is 0 Å². The van der Waals surface area contributed by atoms with Crippen molar-refractivity contribution in [1.29, 1.82) is 0 Å². The first-order valence-electron chi connectivity index (χ1n) is 2.88. The number of nitrogens with zero attached hydrogens (tertiary/aromatic N) is 1. The van der Waals surface area contributed by atoms with Crippen LogP contribution in [0.4, 0.5) is 0 Å². The van der Waals surface area contributed by atoms with E-state index in [1.807, 2.05) is 0 Å². The number of allylic oxidation sites excluding steroid dienone is 1. The molecule has 4 N–H and O–H groups in total. The molecule has 0 radical (unpaired) electrons. The molecule has 0 saturated heterocycles. The molecule has 0 aliphatic carbocycles. The smallest absolute Gasteiger partial charge is 0.244 e. The van der Waals surface area contributed by atoms with Crippen molar-refractivity contribution in [3.63, 3.8) is 0 Å². The van der Waals surface area contributed by atoms with E-state index < -0.39 is 0 Å². The van der Waals surface area contributed by atoms with Gasteiger partial charge in [-0.2, -0.15) is 4.99 Å². The number of guanidine groups is 1. The van der Waals surface area contributed by atoms with Crippen LogP contribution in [0.3, 0.4) is 0 Å². The lowest BCUT2D eigenvalue weighted by Crippen LogP contribution is -2.24. The molecule has 1 aliphatic rings.